The Bertz CT molecular complexity index is 935. The molecule has 0 fully saturated rings. The lowest BCUT2D eigenvalue weighted by Gasteiger charge is -2.06. The minimum atomic E-state index is 0.628. The molecule has 1 aliphatic carbocycles. The van der Waals surface area contributed by atoms with Crippen LogP contribution >= 0.6 is 22.9 Å². The Hall–Kier alpha value is -2.16. The van der Waals surface area contributed by atoms with Gasteiger partial charge in [0.1, 0.15) is 17.4 Å². The predicted molar refractivity (Wildman–Crippen MR) is 95.7 cm³/mol. The highest BCUT2D eigenvalue weighted by molar-refractivity contribution is 7.15. The molecule has 0 unspecified atom stereocenters. The standard InChI is InChI=1S/C18H15ClN4S/c19-15-8-5-4-7-13(15)17-21-11-22-23(17)18-14(10-20)12-6-2-1-3-9-16(12)24-18/h4-5,7-8,11H,1-3,6,9H2. The molecule has 2 aromatic heterocycles. The van der Waals surface area contributed by atoms with Crippen molar-refractivity contribution in [1.82, 2.24) is 14.8 Å². The van der Waals surface area contributed by atoms with Gasteiger partial charge in [0.15, 0.2) is 5.82 Å². The van der Waals surface area contributed by atoms with Gasteiger partial charge in [-0.15, -0.1) is 11.3 Å². The first-order valence-electron chi connectivity index (χ1n) is 7.99. The van der Waals surface area contributed by atoms with Crippen LogP contribution in [0.4, 0.5) is 0 Å². The molecule has 3 aromatic rings. The topological polar surface area (TPSA) is 54.5 Å². The van der Waals surface area contributed by atoms with Gasteiger partial charge in [-0.3, -0.25) is 0 Å². The van der Waals surface area contributed by atoms with Gasteiger partial charge in [0.25, 0.3) is 0 Å². The number of nitriles is 1. The SMILES string of the molecule is N#Cc1c(-n2ncnc2-c2ccccc2Cl)sc2c1CCCCC2. The Balaban J connectivity index is 1.89. The summed E-state index contributed by atoms with van der Waals surface area (Å²) in [5.41, 5.74) is 2.77. The van der Waals surface area contributed by atoms with Crippen LogP contribution in [0.5, 0.6) is 0 Å². The molecule has 0 amide bonds. The van der Waals surface area contributed by atoms with Crippen molar-refractivity contribution in [3.05, 3.63) is 51.6 Å². The van der Waals surface area contributed by atoms with E-state index in [1.807, 2.05) is 24.3 Å². The average Bonchev–Trinajstić information content (AvgIpc) is 3.13. The first-order valence-corrected chi connectivity index (χ1v) is 9.19. The van der Waals surface area contributed by atoms with E-state index in [1.165, 1.54) is 29.6 Å². The molecular formula is C18H15ClN4S. The number of nitrogens with zero attached hydrogens (tertiary/aromatic N) is 4. The van der Waals surface area contributed by atoms with Gasteiger partial charge < -0.3 is 0 Å². The van der Waals surface area contributed by atoms with Gasteiger partial charge in [-0.25, -0.2) is 9.67 Å². The van der Waals surface area contributed by atoms with Crippen LogP contribution in [0.3, 0.4) is 0 Å². The van der Waals surface area contributed by atoms with Gasteiger partial charge in [-0.2, -0.15) is 10.4 Å². The molecule has 1 aliphatic rings. The van der Waals surface area contributed by atoms with E-state index >= 15 is 0 Å². The quantitative estimate of drug-likeness (QED) is 0.622. The van der Waals surface area contributed by atoms with E-state index in [2.05, 4.69) is 16.2 Å². The number of rotatable bonds is 2. The summed E-state index contributed by atoms with van der Waals surface area (Å²) in [6.07, 6.45) is 7.11. The van der Waals surface area contributed by atoms with E-state index < -0.39 is 0 Å². The van der Waals surface area contributed by atoms with Crippen molar-refractivity contribution >= 4 is 22.9 Å². The molecule has 6 heteroatoms. The molecule has 2 heterocycles. The highest BCUT2D eigenvalue weighted by Crippen LogP contribution is 2.37. The number of hydrogen-bond donors (Lipinski definition) is 0. The van der Waals surface area contributed by atoms with Gasteiger partial charge in [0.05, 0.1) is 10.6 Å². The van der Waals surface area contributed by atoms with Gasteiger partial charge >= 0.3 is 0 Å². The number of hydrogen-bond acceptors (Lipinski definition) is 4. The molecule has 1 aromatic carbocycles. The third-order valence-corrected chi connectivity index (χ3v) is 5.97. The molecule has 120 valence electrons. The number of halogens is 1. The summed E-state index contributed by atoms with van der Waals surface area (Å²) in [5.74, 6) is 0.675. The molecule has 0 N–H and O–H groups in total. The monoisotopic (exact) mass is 354 g/mol. The van der Waals surface area contributed by atoms with Crippen molar-refractivity contribution in [3.8, 4) is 22.5 Å². The minimum Gasteiger partial charge on any atom is -0.215 e. The third-order valence-electron chi connectivity index (χ3n) is 4.37. The molecule has 0 saturated carbocycles. The molecule has 0 saturated heterocycles. The fraction of sp³-hybridized carbons (Fsp3) is 0.278. The summed E-state index contributed by atoms with van der Waals surface area (Å²) in [4.78, 5) is 5.71. The second kappa shape index (κ2) is 6.39. The summed E-state index contributed by atoms with van der Waals surface area (Å²) in [6.45, 7) is 0. The second-order valence-electron chi connectivity index (χ2n) is 5.83. The molecule has 4 rings (SSSR count). The smallest absolute Gasteiger partial charge is 0.165 e. The van der Waals surface area contributed by atoms with Crippen LogP contribution in [0, 0.1) is 11.3 Å². The molecule has 0 aliphatic heterocycles. The Kier molecular flexibility index (Phi) is 4.09. The average molecular weight is 355 g/mol. The summed E-state index contributed by atoms with van der Waals surface area (Å²) >= 11 is 8.00. The molecule has 0 bridgehead atoms. The van der Waals surface area contributed by atoms with E-state index in [4.69, 9.17) is 11.6 Å². The maximum atomic E-state index is 9.74. The van der Waals surface area contributed by atoms with Crippen LogP contribution < -0.4 is 0 Å². The number of aryl methyl sites for hydroxylation is 1. The Morgan fingerprint density at radius 2 is 2.00 bits per heavy atom. The number of aromatic nitrogens is 3. The fourth-order valence-corrected chi connectivity index (χ4v) is 4.73. The van der Waals surface area contributed by atoms with Gasteiger partial charge in [0, 0.05) is 10.4 Å². The van der Waals surface area contributed by atoms with Crippen LogP contribution in [0.1, 0.15) is 35.3 Å². The summed E-state index contributed by atoms with van der Waals surface area (Å²) in [5, 5.41) is 15.6. The normalized spacial score (nSPS) is 14.0. The van der Waals surface area contributed by atoms with Crippen molar-refractivity contribution in [2.45, 2.75) is 32.1 Å². The summed E-state index contributed by atoms with van der Waals surface area (Å²) < 4.78 is 1.76. The van der Waals surface area contributed by atoms with Crippen molar-refractivity contribution in [2.75, 3.05) is 0 Å². The fourth-order valence-electron chi connectivity index (χ4n) is 3.21. The Labute approximate surface area is 149 Å². The maximum absolute atomic E-state index is 9.74. The largest absolute Gasteiger partial charge is 0.215 e. The van der Waals surface area contributed by atoms with E-state index in [9.17, 15) is 5.26 Å². The Morgan fingerprint density at radius 1 is 1.17 bits per heavy atom. The van der Waals surface area contributed by atoms with Crippen LogP contribution in [-0.2, 0) is 12.8 Å². The number of benzene rings is 1. The maximum Gasteiger partial charge on any atom is 0.165 e. The van der Waals surface area contributed by atoms with Gasteiger partial charge in [-0.05, 0) is 43.4 Å². The molecule has 4 nitrogen and oxygen atoms in total. The van der Waals surface area contributed by atoms with Crippen molar-refractivity contribution < 1.29 is 0 Å². The lowest BCUT2D eigenvalue weighted by atomic mass is 10.1. The highest BCUT2D eigenvalue weighted by atomic mass is 35.5. The lowest BCUT2D eigenvalue weighted by Crippen LogP contribution is -2.00. The van der Waals surface area contributed by atoms with Crippen molar-refractivity contribution in [2.24, 2.45) is 0 Å². The first-order chi connectivity index (χ1) is 11.8. The van der Waals surface area contributed by atoms with Gasteiger partial charge in [-0.1, -0.05) is 30.2 Å². The first kappa shape index (κ1) is 15.4. The molecule has 24 heavy (non-hydrogen) atoms. The van der Waals surface area contributed by atoms with Crippen molar-refractivity contribution in [1.29, 1.82) is 5.26 Å². The van der Waals surface area contributed by atoms with E-state index in [1.54, 1.807) is 16.0 Å². The van der Waals surface area contributed by atoms with E-state index in [0.29, 0.717) is 10.8 Å². The predicted octanol–water partition coefficient (Wildman–Crippen LogP) is 4.79. The number of thiophene rings is 1. The molecule has 0 radical (unpaired) electrons. The van der Waals surface area contributed by atoms with Crippen LogP contribution in [0.2, 0.25) is 5.02 Å². The zero-order chi connectivity index (χ0) is 16.5. The highest BCUT2D eigenvalue weighted by Gasteiger charge is 2.23. The zero-order valence-electron chi connectivity index (χ0n) is 13.0. The lowest BCUT2D eigenvalue weighted by molar-refractivity contribution is 0.712. The van der Waals surface area contributed by atoms with Crippen LogP contribution in [-0.4, -0.2) is 14.8 Å². The van der Waals surface area contributed by atoms with Crippen LogP contribution in [0.25, 0.3) is 16.4 Å². The van der Waals surface area contributed by atoms with Crippen molar-refractivity contribution in [3.63, 3.8) is 0 Å². The van der Waals surface area contributed by atoms with E-state index in [-0.39, 0.29) is 0 Å². The number of fused-ring (bicyclic) bond motifs is 1. The Morgan fingerprint density at radius 3 is 2.83 bits per heavy atom. The third kappa shape index (κ3) is 2.52. The molecule has 0 atom stereocenters. The van der Waals surface area contributed by atoms with Crippen LogP contribution in [0.15, 0.2) is 30.6 Å². The van der Waals surface area contributed by atoms with E-state index in [0.717, 1.165) is 35.4 Å². The summed E-state index contributed by atoms with van der Waals surface area (Å²) in [6, 6.07) is 9.98. The summed E-state index contributed by atoms with van der Waals surface area (Å²) in [7, 11) is 0. The minimum absolute atomic E-state index is 0.628. The van der Waals surface area contributed by atoms with Gasteiger partial charge in [0.2, 0.25) is 0 Å². The molecule has 0 spiro atoms. The second-order valence-corrected chi connectivity index (χ2v) is 7.32. The zero-order valence-corrected chi connectivity index (χ0v) is 14.6. The molecular weight excluding hydrogens is 340 g/mol.